The van der Waals surface area contributed by atoms with Gasteiger partial charge in [0.05, 0.1) is 0 Å². The van der Waals surface area contributed by atoms with Gasteiger partial charge >= 0.3 is 0 Å². The number of benzene rings is 2. The molecule has 0 saturated heterocycles. The van der Waals surface area contributed by atoms with Gasteiger partial charge in [0.2, 0.25) is 0 Å². The maximum atomic E-state index is 12.3. The number of hydrogen-bond donors (Lipinski definition) is 2. The fourth-order valence-corrected chi connectivity index (χ4v) is 2.13. The summed E-state index contributed by atoms with van der Waals surface area (Å²) in [5.74, 6) is -0.511. The fraction of sp³-hybridized carbons (Fsp3) is 0.211. The van der Waals surface area contributed by atoms with Crippen LogP contribution in [-0.4, -0.2) is 24.1 Å². The first-order valence-electron chi connectivity index (χ1n) is 7.82. The lowest BCUT2D eigenvalue weighted by Gasteiger charge is -2.07. The van der Waals surface area contributed by atoms with E-state index >= 15 is 0 Å². The third-order valence-electron chi connectivity index (χ3n) is 3.47. The van der Waals surface area contributed by atoms with Crippen molar-refractivity contribution < 1.29 is 14.4 Å². The van der Waals surface area contributed by atoms with Gasteiger partial charge in [-0.15, -0.1) is 0 Å². The molecule has 2 rings (SSSR count). The quantitative estimate of drug-likeness (QED) is 0.801. The van der Waals surface area contributed by atoms with E-state index in [0.29, 0.717) is 28.9 Å². The lowest BCUT2D eigenvalue weighted by molar-refractivity contribution is 0.0951. The van der Waals surface area contributed by atoms with E-state index in [1.807, 2.05) is 6.92 Å². The highest BCUT2D eigenvalue weighted by Gasteiger charge is 2.09. The zero-order valence-corrected chi connectivity index (χ0v) is 13.8. The van der Waals surface area contributed by atoms with Gasteiger partial charge in [0.1, 0.15) is 0 Å². The molecule has 5 heteroatoms. The van der Waals surface area contributed by atoms with E-state index < -0.39 is 0 Å². The first-order valence-corrected chi connectivity index (χ1v) is 7.82. The number of carbonyl (C=O) groups excluding carboxylic acids is 3. The smallest absolute Gasteiger partial charge is 0.255 e. The van der Waals surface area contributed by atoms with Gasteiger partial charge in [0.15, 0.2) is 5.78 Å². The lowest BCUT2D eigenvalue weighted by atomic mass is 10.1. The number of carbonyl (C=O) groups is 3. The minimum Gasteiger partial charge on any atom is -0.352 e. The third kappa shape index (κ3) is 4.52. The fourth-order valence-electron chi connectivity index (χ4n) is 2.13. The molecule has 2 aromatic carbocycles. The van der Waals surface area contributed by atoms with Crippen molar-refractivity contribution in [3.63, 3.8) is 0 Å². The Hall–Kier alpha value is -2.95. The van der Waals surface area contributed by atoms with Crippen molar-refractivity contribution >= 4 is 23.3 Å². The topological polar surface area (TPSA) is 75.3 Å². The average Bonchev–Trinajstić information content (AvgIpc) is 2.60. The van der Waals surface area contributed by atoms with Crippen LogP contribution in [0.2, 0.25) is 0 Å². The summed E-state index contributed by atoms with van der Waals surface area (Å²) in [4.78, 5) is 35.5. The van der Waals surface area contributed by atoms with E-state index in [-0.39, 0.29) is 17.6 Å². The Balaban J connectivity index is 2.06. The highest BCUT2D eigenvalue weighted by atomic mass is 16.2. The van der Waals surface area contributed by atoms with Crippen molar-refractivity contribution in [1.82, 2.24) is 5.32 Å². The maximum absolute atomic E-state index is 12.3. The molecule has 2 N–H and O–H groups in total. The summed E-state index contributed by atoms with van der Waals surface area (Å²) in [5, 5.41) is 5.53. The van der Waals surface area contributed by atoms with E-state index in [1.165, 1.54) is 6.92 Å². The van der Waals surface area contributed by atoms with Crippen LogP contribution in [0.3, 0.4) is 0 Å². The molecule has 0 bridgehead atoms. The van der Waals surface area contributed by atoms with Crippen molar-refractivity contribution in [2.75, 3.05) is 11.9 Å². The van der Waals surface area contributed by atoms with Crippen LogP contribution in [0, 0.1) is 0 Å². The summed E-state index contributed by atoms with van der Waals surface area (Å²) in [6.45, 7) is 4.08. The summed E-state index contributed by atoms with van der Waals surface area (Å²) in [7, 11) is 0. The van der Waals surface area contributed by atoms with Crippen LogP contribution in [0.15, 0.2) is 48.5 Å². The van der Waals surface area contributed by atoms with Gasteiger partial charge in [-0.05, 0) is 49.7 Å². The SMILES string of the molecule is CCCNC(=O)c1ccc(C(=O)Nc2cccc(C(C)=O)c2)cc1. The van der Waals surface area contributed by atoms with E-state index in [1.54, 1.807) is 48.5 Å². The van der Waals surface area contributed by atoms with Gasteiger partial charge < -0.3 is 10.6 Å². The van der Waals surface area contributed by atoms with Crippen molar-refractivity contribution in [1.29, 1.82) is 0 Å². The van der Waals surface area contributed by atoms with Crippen molar-refractivity contribution in [2.24, 2.45) is 0 Å². The van der Waals surface area contributed by atoms with Gasteiger partial charge in [0, 0.05) is 28.9 Å². The number of nitrogens with one attached hydrogen (secondary N) is 2. The highest BCUT2D eigenvalue weighted by molar-refractivity contribution is 6.05. The molecular formula is C19H20N2O3. The second-order valence-corrected chi connectivity index (χ2v) is 5.42. The van der Waals surface area contributed by atoms with E-state index in [2.05, 4.69) is 10.6 Å². The summed E-state index contributed by atoms with van der Waals surface area (Å²) < 4.78 is 0. The predicted octanol–water partition coefficient (Wildman–Crippen LogP) is 3.28. The van der Waals surface area contributed by atoms with Crippen LogP contribution in [0.5, 0.6) is 0 Å². The molecular weight excluding hydrogens is 304 g/mol. The zero-order chi connectivity index (χ0) is 17.5. The molecule has 124 valence electrons. The molecule has 0 aliphatic carbocycles. The largest absolute Gasteiger partial charge is 0.352 e. The number of rotatable bonds is 6. The zero-order valence-electron chi connectivity index (χ0n) is 13.8. The number of ketones is 1. The minimum absolute atomic E-state index is 0.0615. The standard InChI is InChI=1S/C19H20N2O3/c1-3-11-20-18(23)14-7-9-15(10-8-14)19(24)21-17-6-4-5-16(12-17)13(2)22/h4-10,12H,3,11H2,1-2H3,(H,20,23)(H,21,24). The van der Waals surface area contributed by atoms with E-state index in [4.69, 9.17) is 0 Å². The number of Topliss-reactive ketones (excluding diaryl/α,β-unsaturated/α-hetero) is 1. The molecule has 0 aliphatic heterocycles. The van der Waals surface area contributed by atoms with Gasteiger partial charge in [0.25, 0.3) is 11.8 Å². The molecule has 0 spiro atoms. The van der Waals surface area contributed by atoms with Gasteiger partial charge in [-0.3, -0.25) is 14.4 Å². The molecule has 0 aromatic heterocycles. The molecule has 24 heavy (non-hydrogen) atoms. The Labute approximate surface area is 141 Å². The first kappa shape index (κ1) is 17.4. The van der Waals surface area contributed by atoms with Crippen molar-refractivity contribution in [3.05, 3.63) is 65.2 Å². The predicted molar refractivity (Wildman–Crippen MR) is 93.5 cm³/mol. The molecule has 0 radical (unpaired) electrons. The highest BCUT2D eigenvalue weighted by Crippen LogP contribution is 2.13. The monoisotopic (exact) mass is 324 g/mol. The first-order chi connectivity index (χ1) is 11.5. The summed E-state index contributed by atoms with van der Waals surface area (Å²) in [5.41, 5.74) is 2.04. The van der Waals surface area contributed by atoms with Crippen LogP contribution < -0.4 is 10.6 Å². The molecule has 2 amide bonds. The minimum atomic E-state index is -0.295. The molecule has 0 atom stereocenters. The van der Waals surface area contributed by atoms with Crippen molar-refractivity contribution in [3.8, 4) is 0 Å². The Bertz CT molecular complexity index is 751. The van der Waals surface area contributed by atoms with E-state index in [9.17, 15) is 14.4 Å². The van der Waals surface area contributed by atoms with Crippen LogP contribution >= 0.6 is 0 Å². The maximum Gasteiger partial charge on any atom is 0.255 e. The Kier molecular flexibility index (Phi) is 5.84. The molecule has 2 aromatic rings. The summed E-state index contributed by atoms with van der Waals surface area (Å²) in [6.07, 6.45) is 0.867. The Morgan fingerprint density at radius 3 is 2.08 bits per heavy atom. The molecule has 0 aliphatic rings. The van der Waals surface area contributed by atoms with Gasteiger partial charge in [-0.25, -0.2) is 0 Å². The lowest BCUT2D eigenvalue weighted by Crippen LogP contribution is -2.24. The van der Waals surface area contributed by atoms with Crippen LogP contribution in [-0.2, 0) is 0 Å². The Morgan fingerprint density at radius 2 is 1.50 bits per heavy atom. The van der Waals surface area contributed by atoms with Gasteiger partial charge in [-0.1, -0.05) is 19.1 Å². The average molecular weight is 324 g/mol. The van der Waals surface area contributed by atoms with Crippen LogP contribution in [0.25, 0.3) is 0 Å². The Morgan fingerprint density at radius 1 is 0.875 bits per heavy atom. The van der Waals surface area contributed by atoms with Crippen molar-refractivity contribution in [2.45, 2.75) is 20.3 Å². The summed E-state index contributed by atoms with van der Waals surface area (Å²) >= 11 is 0. The van der Waals surface area contributed by atoms with Gasteiger partial charge in [-0.2, -0.15) is 0 Å². The molecule has 5 nitrogen and oxygen atoms in total. The molecule has 0 heterocycles. The second kappa shape index (κ2) is 8.06. The number of amides is 2. The van der Waals surface area contributed by atoms with Crippen LogP contribution in [0.4, 0.5) is 5.69 Å². The number of anilines is 1. The number of hydrogen-bond acceptors (Lipinski definition) is 3. The second-order valence-electron chi connectivity index (χ2n) is 5.42. The summed E-state index contributed by atoms with van der Waals surface area (Å²) in [6, 6.07) is 13.2. The molecule has 0 fully saturated rings. The molecule has 0 unspecified atom stereocenters. The third-order valence-corrected chi connectivity index (χ3v) is 3.47. The van der Waals surface area contributed by atoms with Crippen LogP contribution in [0.1, 0.15) is 51.3 Å². The molecule has 0 saturated carbocycles. The normalized spacial score (nSPS) is 10.1. The van der Waals surface area contributed by atoms with E-state index in [0.717, 1.165) is 6.42 Å².